The van der Waals surface area contributed by atoms with Gasteiger partial charge in [0.2, 0.25) is 0 Å². The standard InChI is InChI=1S/C13H27N3O/c1-12(2)9-15-4-6-16(7-5-15)13(10-14)3-8-17-11-13/h12H,3-11,14H2,1-2H3. The third-order valence-corrected chi connectivity index (χ3v) is 4.13. The van der Waals surface area contributed by atoms with Crippen LogP contribution in [-0.4, -0.2) is 67.8 Å². The van der Waals surface area contributed by atoms with Crippen molar-refractivity contribution < 1.29 is 4.74 Å². The molecule has 0 radical (unpaired) electrons. The van der Waals surface area contributed by atoms with Gasteiger partial charge in [0.25, 0.3) is 0 Å². The normalized spacial score (nSPS) is 32.5. The van der Waals surface area contributed by atoms with E-state index >= 15 is 0 Å². The van der Waals surface area contributed by atoms with Crippen LogP contribution in [0.5, 0.6) is 0 Å². The Morgan fingerprint density at radius 3 is 2.41 bits per heavy atom. The van der Waals surface area contributed by atoms with Crippen LogP contribution in [-0.2, 0) is 4.74 Å². The highest BCUT2D eigenvalue weighted by atomic mass is 16.5. The first kappa shape index (κ1) is 13.3. The lowest BCUT2D eigenvalue weighted by Crippen LogP contribution is -2.60. The quantitative estimate of drug-likeness (QED) is 0.772. The van der Waals surface area contributed by atoms with E-state index in [1.807, 2.05) is 0 Å². The van der Waals surface area contributed by atoms with Crippen LogP contribution in [0.25, 0.3) is 0 Å². The van der Waals surface area contributed by atoms with Gasteiger partial charge >= 0.3 is 0 Å². The van der Waals surface area contributed by atoms with Crippen LogP contribution >= 0.6 is 0 Å². The van der Waals surface area contributed by atoms with Crippen LogP contribution in [0.15, 0.2) is 0 Å². The Morgan fingerprint density at radius 2 is 1.94 bits per heavy atom. The topological polar surface area (TPSA) is 41.7 Å². The van der Waals surface area contributed by atoms with Crippen molar-refractivity contribution in [1.29, 1.82) is 0 Å². The first-order chi connectivity index (χ1) is 8.16. The van der Waals surface area contributed by atoms with Gasteiger partial charge in [-0.3, -0.25) is 4.90 Å². The zero-order chi connectivity index (χ0) is 12.3. The molecule has 0 bridgehead atoms. The molecule has 0 aliphatic carbocycles. The Balaban J connectivity index is 1.85. The third-order valence-electron chi connectivity index (χ3n) is 4.13. The maximum atomic E-state index is 5.98. The molecule has 4 nitrogen and oxygen atoms in total. The van der Waals surface area contributed by atoms with E-state index in [2.05, 4.69) is 23.6 Å². The van der Waals surface area contributed by atoms with Gasteiger partial charge in [0, 0.05) is 45.9 Å². The van der Waals surface area contributed by atoms with Crippen molar-refractivity contribution in [2.75, 3.05) is 52.5 Å². The molecular weight excluding hydrogens is 214 g/mol. The Bertz CT molecular complexity index is 231. The molecule has 0 amide bonds. The molecule has 17 heavy (non-hydrogen) atoms. The highest BCUT2D eigenvalue weighted by Gasteiger charge is 2.40. The van der Waals surface area contributed by atoms with Gasteiger partial charge < -0.3 is 15.4 Å². The lowest BCUT2D eigenvalue weighted by Gasteiger charge is -2.45. The minimum atomic E-state index is 0.143. The van der Waals surface area contributed by atoms with Gasteiger partial charge in [-0.2, -0.15) is 0 Å². The summed E-state index contributed by atoms with van der Waals surface area (Å²) in [6, 6.07) is 0. The van der Waals surface area contributed by atoms with Crippen molar-refractivity contribution in [2.24, 2.45) is 11.7 Å². The smallest absolute Gasteiger partial charge is 0.0663 e. The van der Waals surface area contributed by atoms with E-state index in [0.717, 1.165) is 45.2 Å². The Hall–Kier alpha value is -0.160. The number of rotatable bonds is 4. The van der Waals surface area contributed by atoms with Crippen molar-refractivity contribution >= 4 is 0 Å². The number of hydrogen-bond acceptors (Lipinski definition) is 4. The van der Waals surface area contributed by atoms with E-state index in [4.69, 9.17) is 10.5 Å². The van der Waals surface area contributed by atoms with Gasteiger partial charge in [-0.15, -0.1) is 0 Å². The van der Waals surface area contributed by atoms with E-state index in [0.29, 0.717) is 0 Å². The first-order valence-corrected chi connectivity index (χ1v) is 6.91. The van der Waals surface area contributed by atoms with Gasteiger partial charge in [0.05, 0.1) is 12.1 Å². The number of nitrogens with zero attached hydrogens (tertiary/aromatic N) is 2. The molecule has 1 unspecified atom stereocenters. The summed E-state index contributed by atoms with van der Waals surface area (Å²) in [5.41, 5.74) is 6.12. The fourth-order valence-electron chi connectivity index (χ4n) is 3.06. The molecule has 2 aliphatic heterocycles. The van der Waals surface area contributed by atoms with Crippen LogP contribution in [0.4, 0.5) is 0 Å². The van der Waals surface area contributed by atoms with E-state index in [1.54, 1.807) is 0 Å². The molecule has 0 aromatic rings. The summed E-state index contributed by atoms with van der Waals surface area (Å²) in [6.45, 7) is 12.9. The molecule has 1 atom stereocenters. The predicted octanol–water partition coefficient (Wildman–Crippen LogP) is 0.378. The van der Waals surface area contributed by atoms with Gasteiger partial charge in [0.15, 0.2) is 0 Å². The average molecular weight is 241 g/mol. The second-order valence-corrected chi connectivity index (χ2v) is 5.91. The first-order valence-electron chi connectivity index (χ1n) is 6.91. The zero-order valence-corrected chi connectivity index (χ0v) is 11.3. The predicted molar refractivity (Wildman–Crippen MR) is 70.1 cm³/mol. The maximum Gasteiger partial charge on any atom is 0.0663 e. The van der Waals surface area contributed by atoms with Gasteiger partial charge in [-0.1, -0.05) is 13.8 Å². The zero-order valence-electron chi connectivity index (χ0n) is 11.3. The number of piperazine rings is 1. The highest BCUT2D eigenvalue weighted by Crippen LogP contribution is 2.26. The summed E-state index contributed by atoms with van der Waals surface area (Å²) in [5, 5.41) is 0. The van der Waals surface area contributed by atoms with Crippen molar-refractivity contribution in [3.8, 4) is 0 Å². The second kappa shape index (κ2) is 5.65. The SMILES string of the molecule is CC(C)CN1CCN(C2(CN)CCOC2)CC1. The monoisotopic (exact) mass is 241 g/mol. The minimum Gasteiger partial charge on any atom is -0.379 e. The van der Waals surface area contributed by atoms with Crippen LogP contribution in [0.2, 0.25) is 0 Å². The molecule has 0 saturated carbocycles. The summed E-state index contributed by atoms with van der Waals surface area (Å²) in [7, 11) is 0. The molecule has 100 valence electrons. The molecule has 0 aromatic carbocycles. The number of hydrogen-bond donors (Lipinski definition) is 1. The molecule has 0 aromatic heterocycles. The van der Waals surface area contributed by atoms with Crippen molar-refractivity contribution in [3.05, 3.63) is 0 Å². The minimum absolute atomic E-state index is 0.143. The molecular formula is C13H27N3O. The van der Waals surface area contributed by atoms with Crippen LogP contribution in [0, 0.1) is 5.92 Å². The highest BCUT2D eigenvalue weighted by molar-refractivity contribution is 4.96. The van der Waals surface area contributed by atoms with Gasteiger partial charge in [0.1, 0.15) is 0 Å². The number of ether oxygens (including phenoxy) is 1. The summed E-state index contributed by atoms with van der Waals surface area (Å²) < 4.78 is 5.56. The fraction of sp³-hybridized carbons (Fsp3) is 1.00. The lowest BCUT2D eigenvalue weighted by molar-refractivity contribution is 0.0245. The Morgan fingerprint density at radius 1 is 1.24 bits per heavy atom. The molecule has 2 N–H and O–H groups in total. The van der Waals surface area contributed by atoms with E-state index in [9.17, 15) is 0 Å². The third kappa shape index (κ3) is 2.99. The summed E-state index contributed by atoms with van der Waals surface area (Å²) >= 11 is 0. The second-order valence-electron chi connectivity index (χ2n) is 5.91. The molecule has 2 rings (SSSR count). The van der Waals surface area contributed by atoms with Crippen LogP contribution < -0.4 is 5.73 Å². The van der Waals surface area contributed by atoms with Crippen LogP contribution in [0.3, 0.4) is 0 Å². The van der Waals surface area contributed by atoms with Crippen molar-refractivity contribution in [3.63, 3.8) is 0 Å². The summed E-state index contributed by atoms with van der Waals surface area (Å²) in [4.78, 5) is 5.14. The van der Waals surface area contributed by atoms with Crippen molar-refractivity contribution in [2.45, 2.75) is 25.8 Å². The Labute approximate surface area is 105 Å². The van der Waals surface area contributed by atoms with Gasteiger partial charge in [-0.25, -0.2) is 0 Å². The molecule has 4 heteroatoms. The molecule has 2 saturated heterocycles. The van der Waals surface area contributed by atoms with E-state index < -0.39 is 0 Å². The van der Waals surface area contributed by atoms with E-state index in [-0.39, 0.29) is 5.54 Å². The van der Waals surface area contributed by atoms with Crippen molar-refractivity contribution in [1.82, 2.24) is 9.80 Å². The summed E-state index contributed by atoms with van der Waals surface area (Å²) in [5.74, 6) is 0.764. The maximum absolute atomic E-state index is 5.98. The number of nitrogens with two attached hydrogens (primary N) is 1. The Kier molecular flexibility index (Phi) is 4.42. The van der Waals surface area contributed by atoms with Gasteiger partial charge in [-0.05, 0) is 12.3 Å². The largest absolute Gasteiger partial charge is 0.379 e. The molecule has 2 fully saturated rings. The lowest BCUT2D eigenvalue weighted by atomic mass is 9.95. The molecule has 2 heterocycles. The average Bonchev–Trinajstić information content (AvgIpc) is 2.79. The summed E-state index contributed by atoms with van der Waals surface area (Å²) in [6.07, 6.45) is 1.10. The molecule has 0 spiro atoms. The van der Waals surface area contributed by atoms with Crippen LogP contribution in [0.1, 0.15) is 20.3 Å². The van der Waals surface area contributed by atoms with E-state index in [1.165, 1.54) is 19.6 Å². The fourth-order valence-corrected chi connectivity index (χ4v) is 3.06. The molecule has 2 aliphatic rings.